The van der Waals surface area contributed by atoms with Crippen molar-refractivity contribution in [3.05, 3.63) is 71.3 Å². The molecule has 15 heteroatoms. The van der Waals surface area contributed by atoms with Gasteiger partial charge in [-0.15, -0.1) is 0 Å². The smallest absolute Gasteiger partial charge is 0.411 e. The van der Waals surface area contributed by atoms with Gasteiger partial charge in [0, 0.05) is 23.6 Å². The van der Waals surface area contributed by atoms with Crippen LogP contribution in [0.3, 0.4) is 0 Å². The molecule has 3 aromatic rings. The number of isocyanates is 3. The van der Waals surface area contributed by atoms with E-state index in [0.717, 1.165) is 4.90 Å². The van der Waals surface area contributed by atoms with E-state index in [1.165, 1.54) is 42.5 Å². The minimum atomic E-state index is -1.63. The zero-order chi connectivity index (χ0) is 35.3. The summed E-state index contributed by atoms with van der Waals surface area (Å²) in [4.78, 5) is 82.2. The van der Waals surface area contributed by atoms with Crippen molar-refractivity contribution >= 4 is 70.6 Å². The van der Waals surface area contributed by atoms with Gasteiger partial charge in [-0.25, -0.2) is 24.0 Å². The Bertz CT molecular complexity index is 1760. The molecule has 0 heterocycles. The number of hydrogen-bond donors (Lipinski definition) is 2. The van der Waals surface area contributed by atoms with E-state index in [1.807, 2.05) is 0 Å². The van der Waals surface area contributed by atoms with Gasteiger partial charge in [0.1, 0.15) is 19.3 Å². The topological polar surface area (TPSA) is 208 Å². The predicted octanol–water partition coefficient (Wildman–Crippen LogP) is 5.56. The van der Waals surface area contributed by atoms with Gasteiger partial charge in [-0.05, 0) is 80.3 Å². The number of ether oxygens (including phenoxy) is 2. The normalized spacial score (nSPS) is 11.3. The summed E-state index contributed by atoms with van der Waals surface area (Å²) in [7, 11) is 0. The molecule has 0 saturated carbocycles. The SMILES string of the molecule is CCC(COC(=O)Nc1ccc(C)c(N=C=O)c1)(COC(=O)Nc1ccc(C)c(N=C=O)c1)CN(C(=O)[O-])c1ccc(C)c(N=C=O)c1. The van der Waals surface area contributed by atoms with Gasteiger partial charge in [0.05, 0.1) is 22.5 Å². The number of nitrogens with one attached hydrogen (secondary N) is 2. The number of benzene rings is 3. The van der Waals surface area contributed by atoms with Gasteiger partial charge in [-0.3, -0.25) is 10.6 Å². The first-order chi connectivity index (χ1) is 22.9. The number of carbonyl (C=O) groups is 3. The van der Waals surface area contributed by atoms with Crippen LogP contribution in [0.4, 0.5) is 48.5 Å². The van der Waals surface area contributed by atoms with Crippen LogP contribution in [0.25, 0.3) is 0 Å². The van der Waals surface area contributed by atoms with Crippen molar-refractivity contribution in [2.24, 2.45) is 20.4 Å². The number of nitrogens with zero attached hydrogens (tertiary/aromatic N) is 4. The molecule has 0 unspecified atom stereocenters. The van der Waals surface area contributed by atoms with Crippen molar-refractivity contribution in [3.8, 4) is 0 Å². The summed E-state index contributed by atoms with van der Waals surface area (Å²) in [6.45, 7) is 5.52. The van der Waals surface area contributed by atoms with Gasteiger partial charge in [-0.2, -0.15) is 15.0 Å². The fraction of sp³-hybridized carbons (Fsp3) is 0.273. The van der Waals surface area contributed by atoms with Crippen LogP contribution in [0.15, 0.2) is 69.6 Å². The highest BCUT2D eigenvalue weighted by Crippen LogP contribution is 2.32. The molecule has 0 saturated heterocycles. The molecule has 0 aliphatic carbocycles. The Morgan fingerprint density at radius 3 is 1.54 bits per heavy atom. The summed E-state index contributed by atoms with van der Waals surface area (Å²) in [6, 6.07) is 13.6. The summed E-state index contributed by atoms with van der Waals surface area (Å²) >= 11 is 0. The van der Waals surface area contributed by atoms with Gasteiger partial charge in [-0.1, -0.05) is 25.1 Å². The standard InChI is InChI=1S/C33H32N6O9/c1-5-33(15-39(32(45)46)26-11-8-23(4)29(14-26)36-20-42,16-47-30(43)37-24-9-6-21(2)27(12-24)34-18-40)17-48-31(44)38-25-10-7-22(3)28(13-25)35-19-41/h6-14H,5,15-17H2,1-4H3,(H,37,43)(H,38,44)(H,45,46)/p-1. The molecule has 0 atom stereocenters. The molecule has 15 nitrogen and oxygen atoms in total. The molecule has 3 rings (SSSR count). The Labute approximate surface area is 275 Å². The van der Waals surface area contributed by atoms with Crippen molar-refractivity contribution in [2.45, 2.75) is 34.1 Å². The third-order valence-corrected chi connectivity index (χ3v) is 7.40. The molecule has 0 aromatic heterocycles. The number of amides is 3. The fourth-order valence-electron chi connectivity index (χ4n) is 4.44. The second-order valence-corrected chi connectivity index (χ2v) is 10.7. The van der Waals surface area contributed by atoms with Crippen LogP contribution < -0.4 is 20.6 Å². The number of carbonyl (C=O) groups excluding carboxylic acids is 6. The Morgan fingerprint density at radius 2 is 1.15 bits per heavy atom. The van der Waals surface area contributed by atoms with Gasteiger partial charge in [0.25, 0.3) is 0 Å². The maximum absolute atomic E-state index is 12.9. The van der Waals surface area contributed by atoms with Gasteiger partial charge in [0.15, 0.2) is 0 Å². The molecule has 0 aliphatic heterocycles. The maximum Gasteiger partial charge on any atom is 0.411 e. The summed E-state index contributed by atoms with van der Waals surface area (Å²) in [5.41, 5.74) is 1.91. The van der Waals surface area contributed by atoms with E-state index in [9.17, 15) is 33.9 Å². The number of rotatable bonds is 13. The average molecular weight is 656 g/mol. The van der Waals surface area contributed by atoms with Crippen molar-refractivity contribution in [2.75, 3.05) is 35.3 Å². The molecule has 0 fully saturated rings. The summed E-state index contributed by atoms with van der Waals surface area (Å²) in [6.07, 6.45) is 0.964. The van der Waals surface area contributed by atoms with Gasteiger partial charge < -0.3 is 24.3 Å². The van der Waals surface area contributed by atoms with Crippen molar-refractivity contribution in [3.63, 3.8) is 0 Å². The minimum absolute atomic E-state index is 0.0900. The molecule has 3 aromatic carbocycles. The zero-order valence-electron chi connectivity index (χ0n) is 26.5. The third kappa shape index (κ3) is 9.80. The number of hydrogen-bond acceptors (Lipinski definition) is 12. The lowest BCUT2D eigenvalue weighted by molar-refractivity contribution is -0.247. The van der Waals surface area contributed by atoms with Crippen LogP contribution in [-0.2, 0) is 23.9 Å². The summed E-state index contributed by atoms with van der Waals surface area (Å²) in [5.74, 6) is 0. The third-order valence-electron chi connectivity index (χ3n) is 7.40. The van der Waals surface area contributed by atoms with E-state index < -0.39 is 36.9 Å². The molecule has 48 heavy (non-hydrogen) atoms. The Kier molecular flexibility index (Phi) is 12.6. The van der Waals surface area contributed by atoms with Crippen molar-refractivity contribution in [1.82, 2.24) is 0 Å². The Balaban J connectivity index is 1.89. The van der Waals surface area contributed by atoms with Gasteiger partial charge in [0.2, 0.25) is 18.2 Å². The minimum Gasteiger partial charge on any atom is -0.530 e. The highest BCUT2D eigenvalue weighted by molar-refractivity contribution is 5.87. The quantitative estimate of drug-likeness (QED) is 0.174. The molecular formula is C33H31N6O9-. The highest BCUT2D eigenvalue weighted by Gasteiger charge is 2.35. The number of carboxylic acid groups (broad SMARTS) is 1. The first-order valence-electron chi connectivity index (χ1n) is 14.4. The maximum atomic E-state index is 12.9. The molecule has 2 N–H and O–H groups in total. The van der Waals surface area contributed by atoms with Gasteiger partial charge >= 0.3 is 12.2 Å². The number of anilines is 3. The van der Waals surface area contributed by atoms with E-state index in [0.29, 0.717) is 16.7 Å². The molecule has 0 aliphatic rings. The lowest BCUT2D eigenvalue weighted by Crippen LogP contribution is -2.51. The van der Waals surface area contributed by atoms with Crippen LogP contribution in [0.5, 0.6) is 0 Å². The first kappa shape index (κ1) is 36.1. The molecular weight excluding hydrogens is 624 g/mol. The van der Waals surface area contributed by atoms with E-state index >= 15 is 0 Å². The van der Waals surface area contributed by atoms with E-state index in [1.54, 1.807) is 58.0 Å². The molecule has 0 radical (unpaired) electrons. The summed E-state index contributed by atoms with van der Waals surface area (Å²) in [5, 5.41) is 17.5. The Morgan fingerprint density at radius 1 is 0.729 bits per heavy atom. The van der Waals surface area contributed by atoms with Crippen molar-refractivity contribution < 1.29 is 43.3 Å². The lowest BCUT2D eigenvalue weighted by atomic mass is 9.86. The fourth-order valence-corrected chi connectivity index (χ4v) is 4.44. The summed E-state index contributed by atoms with van der Waals surface area (Å²) < 4.78 is 11.0. The molecule has 248 valence electrons. The Hall–Kier alpha value is -6.39. The molecule has 3 amide bonds. The van der Waals surface area contributed by atoms with Crippen LogP contribution in [0.1, 0.15) is 30.0 Å². The van der Waals surface area contributed by atoms with E-state index in [-0.39, 0.29) is 47.1 Å². The van der Waals surface area contributed by atoms with Crippen LogP contribution >= 0.6 is 0 Å². The van der Waals surface area contributed by atoms with E-state index in [4.69, 9.17) is 9.47 Å². The largest absolute Gasteiger partial charge is 0.530 e. The lowest BCUT2D eigenvalue weighted by Gasteiger charge is -2.38. The molecule has 0 spiro atoms. The second-order valence-electron chi connectivity index (χ2n) is 10.7. The predicted molar refractivity (Wildman–Crippen MR) is 172 cm³/mol. The monoisotopic (exact) mass is 655 g/mol. The van der Waals surface area contributed by atoms with E-state index in [2.05, 4.69) is 25.6 Å². The van der Waals surface area contributed by atoms with Crippen LogP contribution in [0.2, 0.25) is 0 Å². The first-order valence-corrected chi connectivity index (χ1v) is 14.4. The van der Waals surface area contributed by atoms with Crippen LogP contribution in [-0.4, -0.2) is 56.3 Å². The molecule has 0 bridgehead atoms. The van der Waals surface area contributed by atoms with Crippen molar-refractivity contribution in [1.29, 1.82) is 0 Å². The zero-order valence-corrected chi connectivity index (χ0v) is 26.5. The highest BCUT2D eigenvalue weighted by atomic mass is 16.6. The number of aryl methyl sites for hydroxylation is 3. The van der Waals surface area contributed by atoms with Crippen LogP contribution in [0, 0.1) is 26.2 Å². The second kappa shape index (κ2) is 16.8. The number of aliphatic imine (C=N–C) groups is 3. The average Bonchev–Trinajstić information content (AvgIpc) is 3.05.